The van der Waals surface area contributed by atoms with Crippen molar-refractivity contribution in [1.82, 2.24) is 4.98 Å². The van der Waals surface area contributed by atoms with Gasteiger partial charge in [0.2, 0.25) is 0 Å². The zero-order valence-electron chi connectivity index (χ0n) is 14.0. The molecule has 0 aliphatic rings. The van der Waals surface area contributed by atoms with Crippen LogP contribution in [-0.4, -0.2) is 10.9 Å². The van der Waals surface area contributed by atoms with E-state index in [4.69, 9.17) is 16.9 Å². The van der Waals surface area contributed by atoms with Crippen LogP contribution in [-0.2, 0) is 0 Å². The fraction of sp³-hybridized carbons (Fsp3) is 0.0500. The van der Waals surface area contributed by atoms with E-state index in [2.05, 4.69) is 21.7 Å². The number of carbonyl (C=O) groups excluding carboxylic acids is 1. The van der Waals surface area contributed by atoms with E-state index >= 15 is 0 Å². The van der Waals surface area contributed by atoms with E-state index in [0.29, 0.717) is 22.0 Å². The minimum absolute atomic E-state index is 0.267. The molecule has 0 atom stereocenters. The molecule has 0 spiro atoms. The third-order valence-electron chi connectivity index (χ3n) is 3.70. The summed E-state index contributed by atoms with van der Waals surface area (Å²) < 4.78 is 0. The SMILES string of the molecule is Cc1ccc(NC(=O)c2cc(Nc3cccc(C#N)c3)ccn2)cc1Cl. The van der Waals surface area contributed by atoms with Crippen molar-refractivity contribution in [2.75, 3.05) is 10.6 Å². The average molecular weight is 363 g/mol. The van der Waals surface area contributed by atoms with Crippen LogP contribution in [0.3, 0.4) is 0 Å². The van der Waals surface area contributed by atoms with Gasteiger partial charge in [0.15, 0.2) is 0 Å². The molecule has 0 bridgehead atoms. The molecular weight excluding hydrogens is 348 g/mol. The first-order valence-corrected chi connectivity index (χ1v) is 8.24. The number of carbonyl (C=O) groups is 1. The molecular formula is C20H15ClN4O. The van der Waals surface area contributed by atoms with Gasteiger partial charge in [-0.15, -0.1) is 0 Å². The first-order valence-electron chi connectivity index (χ1n) is 7.86. The standard InChI is InChI=1S/C20H15ClN4O/c1-13-5-6-16(10-18(13)21)25-20(26)19-11-17(7-8-23-19)24-15-4-2-3-14(9-15)12-22/h2-11H,1H3,(H,23,24)(H,25,26). The number of nitrogens with zero attached hydrogens (tertiary/aromatic N) is 2. The summed E-state index contributed by atoms with van der Waals surface area (Å²) in [6, 6.07) is 17.9. The number of halogens is 1. The van der Waals surface area contributed by atoms with Crippen LogP contribution in [0.15, 0.2) is 60.8 Å². The second kappa shape index (κ2) is 7.68. The van der Waals surface area contributed by atoms with Crippen LogP contribution >= 0.6 is 11.6 Å². The highest BCUT2D eigenvalue weighted by molar-refractivity contribution is 6.31. The highest BCUT2D eigenvalue weighted by Gasteiger charge is 2.09. The monoisotopic (exact) mass is 362 g/mol. The Morgan fingerprint density at radius 1 is 1.08 bits per heavy atom. The lowest BCUT2D eigenvalue weighted by Gasteiger charge is -2.09. The zero-order valence-corrected chi connectivity index (χ0v) is 14.7. The molecule has 0 saturated heterocycles. The van der Waals surface area contributed by atoms with E-state index < -0.39 is 0 Å². The molecule has 3 aromatic rings. The van der Waals surface area contributed by atoms with Crippen molar-refractivity contribution in [1.29, 1.82) is 5.26 Å². The number of aryl methyl sites for hydroxylation is 1. The second-order valence-corrected chi connectivity index (χ2v) is 6.07. The Kier molecular flexibility index (Phi) is 5.16. The van der Waals surface area contributed by atoms with Crippen molar-refractivity contribution in [2.24, 2.45) is 0 Å². The summed E-state index contributed by atoms with van der Waals surface area (Å²) in [5, 5.41) is 15.5. The number of aromatic nitrogens is 1. The lowest BCUT2D eigenvalue weighted by molar-refractivity contribution is 0.102. The number of anilines is 3. The maximum atomic E-state index is 12.4. The molecule has 0 unspecified atom stereocenters. The van der Waals surface area contributed by atoms with E-state index in [9.17, 15) is 4.79 Å². The molecule has 1 amide bonds. The third-order valence-corrected chi connectivity index (χ3v) is 4.11. The topological polar surface area (TPSA) is 77.8 Å². The fourth-order valence-electron chi connectivity index (χ4n) is 2.33. The van der Waals surface area contributed by atoms with Gasteiger partial charge < -0.3 is 10.6 Å². The number of amides is 1. The third kappa shape index (κ3) is 4.18. The average Bonchev–Trinajstić information content (AvgIpc) is 2.65. The maximum Gasteiger partial charge on any atom is 0.274 e. The number of hydrogen-bond acceptors (Lipinski definition) is 4. The predicted octanol–water partition coefficient (Wildman–Crippen LogP) is 4.91. The molecule has 1 heterocycles. The first kappa shape index (κ1) is 17.5. The smallest absolute Gasteiger partial charge is 0.274 e. The van der Waals surface area contributed by atoms with Crippen molar-refractivity contribution in [3.63, 3.8) is 0 Å². The Hall–Kier alpha value is -3.36. The van der Waals surface area contributed by atoms with Gasteiger partial charge in [0, 0.05) is 28.3 Å². The Morgan fingerprint density at radius 2 is 1.88 bits per heavy atom. The van der Waals surface area contributed by atoms with Gasteiger partial charge in [0.1, 0.15) is 5.69 Å². The summed E-state index contributed by atoms with van der Waals surface area (Å²) >= 11 is 6.08. The lowest BCUT2D eigenvalue weighted by atomic mass is 10.2. The lowest BCUT2D eigenvalue weighted by Crippen LogP contribution is -2.13. The van der Waals surface area contributed by atoms with Crippen molar-refractivity contribution >= 4 is 34.6 Å². The Labute approximate surface area is 156 Å². The number of pyridine rings is 1. The number of nitriles is 1. The minimum Gasteiger partial charge on any atom is -0.355 e. The van der Waals surface area contributed by atoms with Crippen LogP contribution in [0.5, 0.6) is 0 Å². The van der Waals surface area contributed by atoms with Gasteiger partial charge >= 0.3 is 0 Å². The first-order chi connectivity index (χ1) is 12.5. The molecule has 0 aliphatic carbocycles. The van der Waals surface area contributed by atoms with E-state index in [1.165, 1.54) is 0 Å². The van der Waals surface area contributed by atoms with Crippen molar-refractivity contribution in [3.8, 4) is 6.07 Å². The van der Waals surface area contributed by atoms with Crippen LogP contribution in [0.4, 0.5) is 17.1 Å². The molecule has 2 aromatic carbocycles. The summed E-state index contributed by atoms with van der Waals surface area (Å²) in [4.78, 5) is 16.5. The molecule has 5 nitrogen and oxygen atoms in total. The van der Waals surface area contributed by atoms with Gasteiger partial charge in [0.25, 0.3) is 5.91 Å². The van der Waals surface area contributed by atoms with Crippen LogP contribution in [0.2, 0.25) is 5.02 Å². The fourth-order valence-corrected chi connectivity index (χ4v) is 2.51. The van der Waals surface area contributed by atoms with E-state index in [1.54, 1.807) is 48.7 Å². The molecule has 0 saturated carbocycles. The molecule has 0 fully saturated rings. The van der Waals surface area contributed by atoms with E-state index in [-0.39, 0.29) is 11.6 Å². The van der Waals surface area contributed by atoms with Crippen LogP contribution in [0, 0.1) is 18.3 Å². The molecule has 3 rings (SSSR count). The van der Waals surface area contributed by atoms with Crippen molar-refractivity contribution in [2.45, 2.75) is 6.92 Å². The molecule has 1 aromatic heterocycles. The predicted molar refractivity (Wildman–Crippen MR) is 103 cm³/mol. The summed E-state index contributed by atoms with van der Waals surface area (Å²) in [6.45, 7) is 1.89. The van der Waals surface area contributed by atoms with Gasteiger partial charge in [-0.3, -0.25) is 9.78 Å². The van der Waals surface area contributed by atoms with Crippen molar-refractivity contribution in [3.05, 3.63) is 82.6 Å². The van der Waals surface area contributed by atoms with E-state index in [0.717, 1.165) is 11.3 Å². The maximum absolute atomic E-state index is 12.4. The largest absolute Gasteiger partial charge is 0.355 e. The van der Waals surface area contributed by atoms with Crippen LogP contribution < -0.4 is 10.6 Å². The minimum atomic E-state index is -0.334. The Bertz CT molecular complexity index is 1010. The van der Waals surface area contributed by atoms with Gasteiger partial charge in [-0.25, -0.2) is 0 Å². The summed E-state index contributed by atoms with van der Waals surface area (Å²) in [6.07, 6.45) is 1.55. The van der Waals surface area contributed by atoms with Gasteiger partial charge in [-0.2, -0.15) is 5.26 Å². The van der Waals surface area contributed by atoms with Gasteiger partial charge in [0.05, 0.1) is 11.6 Å². The molecule has 128 valence electrons. The summed E-state index contributed by atoms with van der Waals surface area (Å²) in [5.74, 6) is -0.334. The number of nitrogens with one attached hydrogen (secondary N) is 2. The molecule has 0 aliphatic heterocycles. The summed E-state index contributed by atoms with van der Waals surface area (Å²) in [5.41, 5.74) is 3.82. The zero-order chi connectivity index (χ0) is 18.5. The second-order valence-electron chi connectivity index (χ2n) is 5.67. The number of rotatable bonds is 4. The molecule has 6 heteroatoms. The normalized spacial score (nSPS) is 10.0. The van der Waals surface area contributed by atoms with E-state index in [1.807, 2.05) is 19.1 Å². The number of hydrogen-bond donors (Lipinski definition) is 2. The van der Waals surface area contributed by atoms with Crippen LogP contribution in [0.1, 0.15) is 21.6 Å². The quantitative estimate of drug-likeness (QED) is 0.691. The highest BCUT2D eigenvalue weighted by atomic mass is 35.5. The van der Waals surface area contributed by atoms with Crippen molar-refractivity contribution < 1.29 is 4.79 Å². The molecule has 0 radical (unpaired) electrons. The molecule has 2 N–H and O–H groups in total. The Morgan fingerprint density at radius 3 is 2.65 bits per heavy atom. The molecule has 26 heavy (non-hydrogen) atoms. The van der Waals surface area contributed by atoms with Crippen LogP contribution in [0.25, 0.3) is 0 Å². The Balaban J connectivity index is 1.76. The highest BCUT2D eigenvalue weighted by Crippen LogP contribution is 2.21. The number of benzene rings is 2. The van der Waals surface area contributed by atoms with Gasteiger partial charge in [-0.1, -0.05) is 23.7 Å². The van der Waals surface area contributed by atoms with Gasteiger partial charge in [-0.05, 0) is 55.0 Å². The summed E-state index contributed by atoms with van der Waals surface area (Å²) in [7, 11) is 0.